The van der Waals surface area contributed by atoms with E-state index < -0.39 is 16.2 Å². The first-order valence-corrected chi connectivity index (χ1v) is 32.2. The van der Waals surface area contributed by atoms with Gasteiger partial charge in [-0.15, -0.1) is 0 Å². The third-order valence-electron chi connectivity index (χ3n) is 18.1. The van der Waals surface area contributed by atoms with Crippen molar-refractivity contribution < 1.29 is 37.9 Å². The highest BCUT2D eigenvalue weighted by molar-refractivity contribution is 5.71. The fraction of sp³-hybridized carbons (Fsp3) is 0.186. The van der Waals surface area contributed by atoms with Crippen molar-refractivity contribution in [1.82, 2.24) is 0 Å². The molecule has 0 aromatic heterocycles. The molecule has 1 spiro atoms. The lowest BCUT2D eigenvalue weighted by Crippen LogP contribution is -2.27. The van der Waals surface area contributed by atoms with Crippen LogP contribution in [0.2, 0.25) is 0 Å². The standard InChI is InChI=1S/C86H72N4O8/c1-52(2)55-26-34-59(35-27-55)91-71-18-14-22-75(63(71)46-87)95-79-42-67-69(44-81(79)97-77-24-16-20-73(65(77)48-89)93-61-38-30-57(31-39-61)54(5)6)86(50-84(67,10)11)51-85(12,13)68-43-80(96-76-23-15-19-72(64(76)47-88)92-60-36-28-56(29-37-60)53(3)4)82(45-70(68)86)98-78-25-17-21-74(66(78)49-90)94-62-40-32-58(33-41-62)83(7,8)9/h14-45H,1,3,5,50-51H2,2,4,6-13H3. The molecule has 2 aliphatic carbocycles. The predicted octanol–water partition coefficient (Wildman–Crippen LogP) is 23.6. The number of rotatable bonds is 19. The second-order valence-corrected chi connectivity index (χ2v) is 27.4. The molecule has 0 aliphatic heterocycles. The van der Waals surface area contributed by atoms with Crippen LogP contribution in [0, 0.1) is 45.3 Å². The van der Waals surface area contributed by atoms with Crippen LogP contribution in [-0.2, 0) is 21.7 Å². The number of nitriles is 4. The Hall–Kier alpha value is -12.2. The molecule has 10 aromatic carbocycles. The second kappa shape index (κ2) is 26.2. The lowest BCUT2D eigenvalue weighted by Gasteiger charge is -2.31. The van der Waals surface area contributed by atoms with Crippen molar-refractivity contribution >= 4 is 16.7 Å². The van der Waals surface area contributed by atoms with Gasteiger partial charge in [-0.2, -0.15) is 21.0 Å². The number of ether oxygens (including phenoxy) is 8. The van der Waals surface area contributed by atoms with Crippen molar-refractivity contribution in [3.8, 4) is 116 Å². The largest absolute Gasteiger partial charge is 0.456 e. The van der Waals surface area contributed by atoms with Gasteiger partial charge in [-0.3, -0.25) is 0 Å². The number of hydrogen-bond donors (Lipinski definition) is 0. The Kier molecular flexibility index (Phi) is 17.6. The molecule has 0 radical (unpaired) electrons. The summed E-state index contributed by atoms with van der Waals surface area (Å²) in [7, 11) is 0. The van der Waals surface area contributed by atoms with E-state index in [-0.39, 0.29) is 96.7 Å². The maximum Gasteiger partial charge on any atom is 0.170 e. The quantitative estimate of drug-likeness (QED) is 0.0752. The van der Waals surface area contributed by atoms with E-state index >= 15 is 0 Å². The van der Waals surface area contributed by atoms with Gasteiger partial charge in [0.2, 0.25) is 0 Å². The summed E-state index contributed by atoms with van der Waals surface area (Å²) in [6, 6.07) is 68.4. The van der Waals surface area contributed by atoms with Gasteiger partial charge in [0, 0.05) is 5.41 Å². The van der Waals surface area contributed by atoms with E-state index in [0.717, 1.165) is 61.2 Å². The molecule has 12 nitrogen and oxygen atoms in total. The molecule has 0 N–H and O–H groups in total. The maximum absolute atomic E-state index is 11.1. The minimum atomic E-state index is -0.775. The second-order valence-electron chi connectivity index (χ2n) is 27.4. The third kappa shape index (κ3) is 13.0. The summed E-state index contributed by atoms with van der Waals surface area (Å²) in [6.07, 6.45) is 1.18. The molecule has 12 rings (SSSR count). The summed E-state index contributed by atoms with van der Waals surface area (Å²) < 4.78 is 53.8. The smallest absolute Gasteiger partial charge is 0.170 e. The number of fused-ring (bicyclic) bond motifs is 4. The Bertz CT molecular complexity index is 5030. The lowest BCUT2D eigenvalue weighted by atomic mass is 9.72. The van der Waals surface area contributed by atoms with Gasteiger partial charge in [0.05, 0.1) is 0 Å². The summed E-state index contributed by atoms with van der Waals surface area (Å²) in [5.41, 5.74) is 9.02. The highest BCUT2D eigenvalue weighted by Crippen LogP contribution is 2.66. The Morgan fingerprint density at radius 3 is 0.776 bits per heavy atom. The van der Waals surface area contributed by atoms with Gasteiger partial charge in [-0.05, 0) is 216 Å². The average Bonchev–Trinajstić information content (AvgIpc) is 1.52. The molecule has 0 saturated heterocycles. The molecule has 12 heteroatoms. The first-order valence-electron chi connectivity index (χ1n) is 32.2. The molecule has 10 aromatic rings. The number of nitrogens with zero attached hydrogens (tertiary/aromatic N) is 4. The third-order valence-corrected chi connectivity index (χ3v) is 18.1. The zero-order valence-corrected chi connectivity index (χ0v) is 56.6. The fourth-order valence-corrected chi connectivity index (χ4v) is 13.2. The van der Waals surface area contributed by atoms with Crippen molar-refractivity contribution in [3.05, 3.63) is 281 Å². The zero-order chi connectivity index (χ0) is 69.4. The van der Waals surface area contributed by atoms with E-state index in [1.54, 1.807) is 72.8 Å². The molecular weight excluding hydrogens is 1220 g/mol. The SMILES string of the molecule is C=C(C)c1ccc(Oc2cccc(Oc3cc4c(cc3Oc3cccc(Oc5ccc(C(=C)C)cc5)c3C#N)C3(CC4(C)C)CC(C)(C)c4cc(Oc5cccc(Oc6ccc(C(=C)C)cc6)c5C#N)c(Oc5cccc(Oc6ccc(C(C)(C)C)cc6)c5C#N)cc43)c2C#N)cc1. The summed E-state index contributed by atoms with van der Waals surface area (Å²) >= 11 is 0. The maximum atomic E-state index is 11.1. The van der Waals surface area contributed by atoms with Crippen LogP contribution in [-0.4, -0.2) is 0 Å². The molecule has 1 unspecified atom stereocenters. The van der Waals surface area contributed by atoms with Crippen LogP contribution in [0.4, 0.5) is 0 Å². The van der Waals surface area contributed by atoms with Crippen LogP contribution >= 0.6 is 0 Å². The zero-order valence-electron chi connectivity index (χ0n) is 56.6. The summed E-state index contributed by atoms with van der Waals surface area (Å²) in [4.78, 5) is 0. The van der Waals surface area contributed by atoms with E-state index in [1.807, 2.05) is 142 Å². The van der Waals surface area contributed by atoms with Gasteiger partial charge in [0.15, 0.2) is 23.0 Å². The highest BCUT2D eigenvalue weighted by atomic mass is 16.5. The van der Waals surface area contributed by atoms with Crippen LogP contribution < -0.4 is 37.9 Å². The van der Waals surface area contributed by atoms with Crippen molar-refractivity contribution in [1.29, 1.82) is 21.0 Å². The number of allylic oxidation sites excluding steroid dienone is 3. The molecule has 0 fully saturated rings. The summed E-state index contributed by atoms with van der Waals surface area (Å²) in [6.45, 7) is 33.2. The first-order chi connectivity index (χ1) is 46.9. The molecule has 0 amide bonds. The topological polar surface area (TPSA) is 169 Å². The Labute approximate surface area is 573 Å². The molecule has 0 heterocycles. The summed E-state index contributed by atoms with van der Waals surface area (Å²) in [5.74, 6) is 5.00. The van der Waals surface area contributed by atoms with Gasteiger partial charge >= 0.3 is 0 Å². The van der Waals surface area contributed by atoms with Crippen LogP contribution in [0.25, 0.3) is 16.7 Å². The fourth-order valence-electron chi connectivity index (χ4n) is 13.2. The summed E-state index contributed by atoms with van der Waals surface area (Å²) in [5, 5.41) is 44.0. The molecule has 98 heavy (non-hydrogen) atoms. The van der Waals surface area contributed by atoms with Crippen molar-refractivity contribution in [3.63, 3.8) is 0 Å². The molecule has 0 bridgehead atoms. The lowest BCUT2D eigenvalue weighted by molar-refractivity contribution is 0.349. The van der Waals surface area contributed by atoms with Gasteiger partial charge in [-0.25, -0.2) is 0 Å². The van der Waals surface area contributed by atoms with Gasteiger partial charge < -0.3 is 37.9 Å². The van der Waals surface area contributed by atoms with E-state index in [1.165, 1.54) is 0 Å². The van der Waals surface area contributed by atoms with E-state index in [2.05, 4.69) is 92.5 Å². The van der Waals surface area contributed by atoms with Crippen LogP contribution in [0.15, 0.2) is 214 Å². The van der Waals surface area contributed by atoms with Crippen molar-refractivity contribution in [2.45, 2.75) is 104 Å². The van der Waals surface area contributed by atoms with Gasteiger partial charge in [-0.1, -0.05) is 158 Å². The highest BCUT2D eigenvalue weighted by Gasteiger charge is 2.57. The number of benzene rings is 10. The average molecular weight is 1290 g/mol. The Morgan fingerprint density at radius 1 is 0.327 bits per heavy atom. The predicted molar refractivity (Wildman–Crippen MR) is 383 cm³/mol. The van der Waals surface area contributed by atoms with Gasteiger partial charge in [0.1, 0.15) is 116 Å². The van der Waals surface area contributed by atoms with E-state index in [9.17, 15) is 21.0 Å². The molecule has 1 atom stereocenters. The van der Waals surface area contributed by atoms with Gasteiger partial charge in [0.25, 0.3) is 0 Å². The minimum absolute atomic E-state index is 0.0902. The Morgan fingerprint density at radius 2 is 0.551 bits per heavy atom. The van der Waals surface area contributed by atoms with Crippen LogP contribution in [0.3, 0.4) is 0 Å². The molecule has 0 saturated carbocycles. The van der Waals surface area contributed by atoms with Crippen molar-refractivity contribution in [2.75, 3.05) is 0 Å². The van der Waals surface area contributed by atoms with E-state index in [4.69, 9.17) is 37.9 Å². The Balaban J connectivity index is 1.01. The molecular formula is C86H72N4O8. The normalized spacial score (nSPS) is 14.4. The molecule has 484 valence electrons. The number of hydrogen-bond acceptors (Lipinski definition) is 12. The monoisotopic (exact) mass is 1290 g/mol. The first kappa shape index (κ1) is 65.8. The van der Waals surface area contributed by atoms with Crippen LogP contribution in [0.1, 0.15) is 149 Å². The molecule has 2 aliphatic rings. The van der Waals surface area contributed by atoms with Crippen LogP contribution in [0.5, 0.6) is 92.0 Å². The van der Waals surface area contributed by atoms with E-state index in [0.29, 0.717) is 35.8 Å². The van der Waals surface area contributed by atoms with Crippen molar-refractivity contribution in [2.24, 2.45) is 0 Å². The minimum Gasteiger partial charge on any atom is -0.456 e.